The molecule has 0 bridgehead atoms. The second-order valence-corrected chi connectivity index (χ2v) is 3.19. The number of pyridine rings is 1. The number of nitriles is 1. The van der Waals surface area contributed by atoms with Crippen molar-refractivity contribution in [2.75, 3.05) is 7.11 Å². The Morgan fingerprint density at radius 3 is 2.61 bits per heavy atom. The van der Waals surface area contributed by atoms with Crippen molar-refractivity contribution in [1.29, 1.82) is 5.26 Å². The van der Waals surface area contributed by atoms with E-state index in [1.807, 2.05) is 6.07 Å². The van der Waals surface area contributed by atoms with Crippen molar-refractivity contribution in [1.82, 2.24) is 4.98 Å². The fourth-order valence-electron chi connectivity index (χ4n) is 1.38. The average Bonchev–Trinajstić information content (AvgIpc) is 2.28. The number of hydrogen-bond donors (Lipinski definition) is 1. The van der Waals surface area contributed by atoms with Crippen LogP contribution in [-0.2, 0) is 13.0 Å². The molecular weight excluding hydrogens is 251 g/mol. The Labute approximate surface area is 101 Å². The van der Waals surface area contributed by atoms with Gasteiger partial charge in [-0.05, 0) is 5.56 Å². The molecule has 0 aromatic carbocycles. The smallest absolute Gasteiger partial charge is 0.478 e. The van der Waals surface area contributed by atoms with E-state index < -0.39 is 12.1 Å². The van der Waals surface area contributed by atoms with Crippen LogP contribution < -0.4 is 15.2 Å². The van der Waals surface area contributed by atoms with Gasteiger partial charge in [-0.3, -0.25) is 0 Å². The first-order valence-electron chi connectivity index (χ1n) is 4.80. The van der Waals surface area contributed by atoms with E-state index in [0.29, 0.717) is 0 Å². The number of nitrogens with two attached hydrogens (primary N) is 1. The molecule has 2 N–H and O–H groups in total. The maximum absolute atomic E-state index is 12.3. The number of nitrogens with zero attached hydrogens (tertiary/aromatic N) is 2. The largest absolute Gasteiger partial charge is 0.573 e. The summed E-state index contributed by atoms with van der Waals surface area (Å²) in [6.07, 6.45) is -3.75. The van der Waals surface area contributed by atoms with Gasteiger partial charge >= 0.3 is 6.36 Å². The lowest BCUT2D eigenvalue weighted by atomic mass is 10.1. The van der Waals surface area contributed by atoms with E-state index in [1.54, 1.807) is 0 Å². The zero-order valence-electron chi connectivity index (χ0n) is 9.41. The summed E-state index contributed by atoms with van der Waals surface area (Å²) in [5.74, 6) is -0.922. The van der Waals surface area contributed by atoms with Gasteiger partial charge in [0.05, 0.1) is 19.6 Å². The van der Waals surface area contributed by atoms with E-state index in [9.17, 15) is 13.2 Å². The molecule has 0 unspecified atom stereocenters. The second-order valence-electron chi connectivity index (χ2n) is 3.19. The Hall–Kier alpha value is -2.01. The molecule has 5 nitrogen and oxygen atoms in total. The predicted molar refractivity (Wildman–Crippen MR) is 54.7 cm³/mol. The number of methoxy groups -OCH3 is 1. The quantitative estimate of drug-likeness (QED) is 0.888. The van der Waals surface area contributed by atoms with Gasteiger partial charge in [0.1, 0.15) is 0 Å². The van der Waals surface area contributed by atoms with Crippen LogP contribution >= 0.6 is 0 Å². The average molecular weight is 261 g/mol. The van der Waals surface area contributed by atoms with Crippen LogP contribution in [0.5, 0.6) is 11.6 Å². The molecule has 1 aromatic rings. The summed E-state index contributed by atoms with van der Waals surface area (Å²) in [5.41, 5.74) is 5.72. The molecule has 0 amide bonds. The highest BCUT2D eigenvalue weighted by atomic mass is 19.4. The van der Waals surface area contributed by atoms with Crippen molar-refractivity contribution < 1.29 is 22.6 Å². The number of rotatable bonds is 4. The zero-order valence-corrected chi connectivity index (χ0v) is 9.41. The van der Waals surface area contributed by atoms with E-state index in [-0.39, 0.29) is 30.0 Å². The minimum atomic E-state index is -4.88. The molecule has 1 heterocycles. The molecule has 0 aliphatic heterocycles. The fraction of sp³-hybridized carbons (Fsp3) is 0.400. The van der Waals surface area contributed by atoms with Gasteiger partial charge in [0, 0.05) is 18.3 Å². The van der Waals surface area contributed by atoms with Crippen LogP contribution in [0.1, 0.15) is 11.1 Å². The standard InChI is InChI=1S/C10H10F3N3O2/c1-17-9-8(18-10(11,12)13)7(4-15)6(2-3-14)5-16-9/h5H,2,4,15H2,1H3. The lowest BCUT2D eigenvalue weighted by Gasteiger charge is -2.16. The number of hydrogen-bond acceptors (Lipinski definition) is 5. The van der Waals surface area contributed by atoms with Crippen molar-refractivity contribution in [3.63, 3.8) is 0 Å². The first kappa shape index (κ1) is 14.1. The zero-order chi connectivity index (χ0) is 13.8. The molecule has 18 heavy (non-hydrogen) atoms. The summed E-state index contributed by atoms with van der Waals surface area (Å²) in [6, 6.07) is 1.81. The van der Waals surface area contributed by atoms with Crippen LogP contribution in [0.2, 0.25) is 0 Å². The van der Waals surface area contributed by atoms with Gasteiger partial charge in [-0.25, -0.2) is 4.98 Å². The normalized spacial score (nSPS) is 10.9. The maximum atomic E-state index is 12.3. The highest BCUT2D eigenvalue weighted by Crippen LogP contribution is 2.35. The van der Waals surface area contributed by atoms with Gasteiger partial charge in [-0.1, -0.05) is 0 Å². The van der Waals surface area contributed by atoms with E-state index >= 15 is 0 Å². The van der Waals surface area contributed by atoms with Gasteiger partial charge in [-0.15, -0.1) is 13.2 Å². The van der Waals surface area contributed by atoms with Gasteiger partial charge in [-0.2, -0.15) is 5.26 Å². The summed E-state index contributed by atoms with van der Waals surface area (Å²) in [6.45, 7) is -0.221. The third-order valence-electron chi connectivity index (χ3n) is 2.08. The maximum Gasteiger partial charge on any atom is 0.573 e. The van der Waals surface area contributed by atoms with Crippen molar-refractivity contribution >= 4 is 0 Å². The van der Waals surface area contributed by atoms with Gasteiger partial charge < -0.3 is 15.2 Å². The van der Waals surface area contributed by atoms with Crippen molar-refractivity contribution in [3.05, 3.63) is 17.3 Å². The predicted octanol–water partition coefficient (Wildman–Crippen LogP) is 1.51. The molecule has 0 aliphatic rings. The van der Waals surface area contributed by atoms with Crippen LogP contribution in [0.25, 0.3) is 0 Å². The molecule has 8 heteroatoms. The summed E-state index contributed by atoms with van der Waals surface area (Å²) < 4.78 is 45.4. The van der Waals surface area contributed by atoms with Crippen LogP contribution in [0, 0.1) is 11.3 Å². The third kappa shape index (κ3) is 3.24. The molecule has 98 valence electrons. The van der Waals surface area contributed by atoms with Crippen molar-refractivity contribution in [2.45, 2.75) is 19.3 Å². The third-order valence-corrected chi connectivity index (χ3v) is 2.08. The number of aromatic nitrogens is 1. The van der Waals surface area contributed by atoms with E-state index in [1.165, 1.54) is 6.20 Å². The second kappa shape index (κ2) is 5.55. The molecule has 0 radical (unpaired) electrons. The summed E-state index contributed by atoms with van der Waals surface area (Å²) >= 11 is 0. The van der Waals surface area contributed by atoms with Crippen LogP contribution in [0.15, 0.2) is 6.20 Å². The highest BCUT2D eigenvalue weighted by Gasteiger charge is 2.34. The number of halogens is 3. The summed E-state index contributed by atoms with van der Waals surface area (Å²) in [7, 11) is 1.16. The van der Waals surface area contributed by atoms with Crippen molar-refractivity contribution in [3.8, 4) is 17.7 Å². The molecule has 0 spiro atoms. The first-order chi connectivity index (χ1) is 8.42. The van der Waals surface area contributed by atoms with Gasteiger partial charge in [0.2, 0.25) is 0 Å². The lowest BCUT2D eigenvalue weighted by Crippen LogP contribution is -2.20. The van der Waals surface area contributed by atoms with E-state index in [2.05, 4.69) is 9.72 Å². The molecule has 1 aromatic heterocycles. The Kier molecular flexibility index (Phi) is 4.33. The topological polar surface area (TPSA) is 81.2 Å². The monoisotopic (exact) mass is 261 g/mol. The Balaban J connectivity index is 3.33. The Bertz CT molecular complexity index is 469. The molecule has 0 saturated carbocycles. The Morgan fingerprint density at radius 2 is 2.17 bits per heavy atom. The molecule has 1 rings (SSSR count). The molecule has 0 aliphatic carbocycles. The van der Waals surface area contributed by atoms with Gasteiger partial charge in [0.25, 0.3) is 5.88 Å². The molecule has 0 saturated heterocycles. The van der Waals surface area contributed by atoms with Crippen LogP contribution in [-0.4, -0.2) is 18.5 Å². The molecule has 0 atom stereocenters. The minimum Gasteiger partial charge on any atom is -0.478 e. The number of alkyl halides is 3. The minimum absolute atomic E-state index is 0.0562. The van der Waals surface area contributed by atoms with Crippen LogP contribution in [0.4, 0.5) is 13.2 Å². The van der Waals surface area contributed by atoms with E-state index in [0.717, 1.165) is 7.11 Å². The molecule has 0 fully saturated rings. The van der Waals surface area contributed by atoms with Crippen LogP contribution in [0.3, 0.4) is 0 Å². The SMILES string of the molecule is COc1ncc(CC#N)c(CN)c1OC(F)(F)F. The van der Waals surface area contributed by atoms with E-state index in [4.69, 9.17) is 15.7 Å². The summed E-state index contributed by atoms with van der Waals surface area (Å²) in [5, 5.41) is 8.58. The van der Waals surface area contributed by atoms with Crippen molar-refractivity contribution in [2.24, 2.45) is 5.73 Å². The number of ether oxygens (including phenoxy) is 2. The first-order valence-corrected chi connectivity index (χ1v) is 4.80. The highest BCUT2D eigenvalue weighted by molar-refractivity contribution is 5.46. The van der Waals surface area contributed by atoms with Gasteiger partial charge in [0.15, 0.2) is 5.75 Å². The summed E-state index contributed by atoms with van der Waals surface area (Å²) in [4.78, 5) is 3.65. The Morgan fingerprint density at radius 1 is 1.50 bits per heavy atom. The fourth-order valence-corrected chi connectivity index (χ4v) is 1.38. The lowest BCUT2D eigenvalue weighted by molar-refractivity contribution is -0.275. The molecular formula is C10H10F3N3O2.